The number of piperazine rings is 1. The molecule has 1 saturated heterocycles. The van der Waals surface area contributed by atoms with E-state index >= 15 is 0 Å². The van der Waals surface area contributed by atoms with Crippen molar-refractivity contribution in [1.82, 2.24) is 4.90 Å². The van der Waals surface area contributed by atoms with Gasteiger partial charge in [-0.3, -0.25) is 4.90 Å². The molecule has 1 aliphatic rings. The number of rotatable bonds is 1. The predicted octanol–water partition coefficient (Wildman–Crippen LogP) is 2.08. The fraction of sp³-hybridized carbons (Fsp3) is 0.538. The Bertz CT molecular complexity index is 438. The molecule has 1 fully saturated rings. The Kier molecular flexibility index (Phi) is 3.43. The van der Waals surface area contributed by atoms with Crippen LogP contribution in [0.2, 0.25) is 0 Å². The average Bonchev–Trinajstić information content (AvgIpc) is 2.31. The van der Waals surface area contributed by atoms with Crippen molar-refractivity contribution in [2.45, 2.75) is 25.9 Å². The van der Waals surface area contributed by atoms with Gasteiger partial charge in [-0.15, -0.1) is 0 Å². The third-order valence-corrected chi connectivity index (χ3v) is 3.78. The molecule has 1 heterocycles. The Morgan fingerprint density at radius 1 is 1.17 bits per heavy atom. The summed E-state index contributed by atoms with van der Waals surface area (Å²) in [6.45, 7) is 5.42. The highest BCUT2D eigenvalue weighted by molar-refractivity contribution is 5.68. The van der Waals surface area contributed by atoms with Crippen LogP contribution in [0.5, 0.6) is 0 Å². The molecule has 18 heavy (non-hydrogen) atoms. The van der Waals surface area contributed by atoms with E-state index in [1.54, 1.807) is 0 Å². The van der Waals surface area contributed by atoms with Crippen LogP contribution in [0.1, 0.15) is 13.8 Å². The maximum atomic E-state index is 13.9. The highest BCUT2D eigenvalue weighted by Gasteiger charge is 2.29. The third kappa shape index (κ3) is 2.14. The molecular formula is C13H19F2N3. The van der Waals surface area contributed by atoms with E-state index in [0.29, 0.717) is 13.1 Å². The molecule has 1 aliphatic heterocycles. The molecule has 0 amide bonds. The van der Waals surface area contributed by atoms with Crippen molar-refractivity contribution >= 4 is 11.4 Å². The van der Waals surface area contributed by atoms with Crippen LogP contribution in [0.25, 0.3) is 0 Å². The van der Waals surface area contributed by atoms with E-state index in [2.05, 4.69) is 18.7 Å². The number of hydrogen-bond acceptors (Lipinski definition) is 3. The van der Waals surface area contributed by atoms with Gasteiger partial charge in [0.05, 0.1) is 11.4 Å². The van der Waals surface area contributed by atoms with Gasteiger partial charge < -0.3 is 10.6 Å². The van der Waals surface area contributed by atoms with Gasteiger partial charge in [-0.1, -0.05) is 0 Å². The van der Waals surface area contributed by atoms with Crippen molar-refractivity contribution in [3.63, 3.8) is 0 Å². The molecule has 2 N–H and O–H groups in total. The topological polar surface area (TPSA) is 32.5 Å². The predicted molar refractivity (Wildman–Crippen MR) is 69.7 cm³/mol. The number of nitrogen functional groups attached to an aromatic ring is 1. The zero-order valence-electron chi connectivity index (χ0n) is 11.0. The van der Waals surface area contributed by atoms with Crippen LogP contribution in [0, 0.1) is 11.6 Å². The number of benzene rings is 1. The largest absolute Gasteiger partial charge is 0.397 e. The summed E-state index contributed by atoms with van der Waals surface area (Å²) < 4.78 is 27.2. The molecule has 0 bridgehead atoms. The summed E-state index contributed by atoms with van der Waals surface area (Å²) in [7, 11) is 2.04. The SMILES string of the molecule is CC1CN(c2c(N)ccc(F)c2F)CC(C)N1C. The Labute approximate surface area is 106 Å². The zero-order chi connectivity index (χ0) is 13.4. The molecule has 5 heteroatoms. The smallest absolute Gasteiger partial charge is 0.184 e. The van der Waals surface area contributed by atoms with Crippen molar-refractivity contribution in [3.8, 4) is 0 Å². The van der Waals surface area contributed by atoms with E-state index in [-0.39, 0.29) is 23.5 Å². The number of likely N-dealkylation sites (N-methyl/N-ethyl adjacent to an activating group) is 1. The molecule has 2 rings (SSSR count). The molecule has 2 unspecified atom stereocenters. The Morgan fingerprint density at radius 3 is 2.28 bits per heavy atom. The van der Waals surface area contributed by atoms with Crippen molar-refractivity contribution in [1.29, 1.82) is 0 Å². The van der Waals surface area contributed by atoms with Crippen molar-refractivity contribution in [3.05, 3.63) is 23.8 Å². The summed E-state index contributed by atoms with van der Waals surface area (Å²) in [6.07, 6.45) is 0. The van der Waals surface area contributed by atoms with Gasteiger partial charge in [-0.25, -0.2) is 8.78 Å². The molecule has 3 nitrogen and oxygen atoms in total. The van der Waals surface area contributed by atoms with Crippen molar-refractivity contribution in [2.75, 3.05) is 30.8 Å². The number of nitrogens with zero attached hydrogens (tertiary/aromatic N) is 2. The molecule has 0 spiro atoms. The standard InChI is InChI=1S/C13H19F2N3/c1-8-6-18(7-9(2)17(8)3)13-11(16)5-4-10(14)12(13)15/h4-5,8-9H,6-7,16H2,1-3H3. The average molecular weight is 255 g/mol. The quantitative estimate of drug-likeness (QED) is 0.780. The second-order valence-corrected chi connectivity index (χ2v) is 5.07. The normalized spacial score (nSPS) is 25.5. The first-order valence-electron chi connectivity index (χ1n) is 6.12. The van der Waals surface area contributed by atoms with Gasteiger partial charge in [0.25, 0.3) is 0 Å². The van der Waals surface area contributed by atoms with E-state index < -0.39 is 11.6 Å². The lowest BCUT2D eigenvalue weighted by molar-refractivity contribution is 0.169. The molecule has 1 aromatic rings. The van der Waals surface area contributed by atoms with Crippen LogP contribution in [0.3, 0.4) is 0 Å². The van der Waals surface area contributed by atoms with E-state index in [1.165, 1.54) is 6.07 Å². The van der Waals surface area contributed by atoms with Gasteiger partial charge in [0.15, 0.2) is 11.6 Å². The van der Waals surface area contributed by atoms with Crippen LogP contribution >= 0.6 is 0 Å². The molecule has 1 aromatic carbocycles. The van der Waals surface area contributed by atoms with Crippen LogP contribution in [0.4, 0.5) is 20.2 Å². The number of halogens is 2. The van der Waals surface area contributed by atoms with E-state index in [0.717, 1.165) is 6.07 Å². The fourth-order valence-corrected chi connectivity index (χ4v) is 2.46. The number of anilines is 2. The minimum absolute atomic E-state index is 0.196. The Balaban J connectivity index is 2.35. The maximum Gasteiger partial charge on any atom is 0.184 e. The monoisotopic (exact) mass is 255 g/mol. The number of nitrogens with two attached hydrogens (primary N) is 1. The molecule has 100 valence electrons. The Morgan fingerprint density at radius 2 is 1.72 bits per heavy atom. The molecule has 0 aliphatic carbocycles. The lowest BCUT2D eigenvalue weighted by atomic mass is 10.1. The first-order valence-corrected chi connectivity index (χ1v) is 6.12. The van der Waals surface area contributed by atoms with Gasteiger partial charge in [-0.2, -0.15) is 0 Å². The van der Waals surface area contributed by atoms with Gasteiger partial charge in [0, 0.05) is 25.2 Å². The van der Waals surface area contributed by atoms with Crippen LogP contribution in [-0.4, -0.2) is 37.1 Å². The minimum Gasteiger partial charge on any atom is -0.397 e. The molecular weight excluding hydrogens is 236 g/mol. The highest BCUT2D eigenvalue weighted by Crippen LogP contribution is 2.31. The second-order valence-electron chi connectivity index (χ2n) is 5.07. The molecule has 2 atom stereocenters. The van der Waals surface area contributed by atoms with Gasteiger partial charge in [-0.05, 0) is 33.0 Å². The summed E-state index contributed by atoms with van der Waals surface area (Å²) >= 11 is 0. The summed E-state index contributed by atoms with van der Waals surface area (Å²) in [6, 6.07) is 3.03. The van der Waals surface area contributed by atoms with E-state index in [4.69, 9.17) is 5.73 Å². The van der Waals surface area contributed by atoms with E-state index in [1.807, 2.05) is 11.9 Å². The number of hydrogen-bond donors (Lipinski definition) is 1. The Hall–Kier alpha value is -1.36. The highest BCUT2D eigenvalue weighted by atomic mass is 19.2. The zero-order valence-corrected chi connectivity index (χ0v) is 11.0. The maximum absolute atomic E-state index is 13.9. The first-order chi connectivity index (χ1) is 8.41. The van der Waals surface area contributed by atoms with Crippen LogP contribution < -0.4 is 10.6 Å². The van der Waals surface area contributed by atoms with Crippen LogP contribution in [-0.2, 0) is 0 Å². The third-order valence-electron chi connectivity index (χ3n) is 3.78. The minimum atomic E-state index is -0.849. The summed E-state index contributed by atoms with van der Waals surface area (Å²) in [5, 5.41) is 0. The second kappa shape index (κ2) is 4.72. The van der Waals surface area contributed by atoms with Gasteiger partial charge in [0.1, 0.15) is 0 Å². The summed E-state index contributed by atoms with van der Waals surface area (Å²) in [5.74, 6) is -1.70. The van der Waals surface area contributed by atoms with Gasteiger partial charge in [0.2, 0.25) is 0 Å². The summed E-state index contributed by atoms with van der Waals surface area (Å²) in [4.78, 5) is 4.06. The lowest BCUT2D eigenvalue weighted by Gasteiger charge is -2.43. The molecule has 0 saturated carbocycles. The molecule has 0 aromatic heterocycles. The van der Waals surface area contributed by atoms with Gasteiger partial charge >= 0.3 is 0 Å². The van der Waals surface area contributed by atoms with Crippen molar-refractivity contribution in [2.24, 2.45) is 0 Å². The first kappa shape index (κ1) is 13.1. The summed E-state index contributed by atoms with van der Waals surface area (Å²) in [5.41, 5.74) is 6.27. The molecule has 0 radical (unpaired) electrons. The fourth-order valence-electron chi connectivity index (χ4n) is 2.46. The van der Waals surface area contributed by atoms with E-state index in [9.17, 15) is 8.78 Å². The van der Waals surface area contributed by atoms with Crippen molar-refractivity contribution < 1.29 is 8.78 Å². The van der Waals surface area contributed by atoms with Crippen LogP contribution in [0.15, 0.2) is 12.1 Å². The lowest BCUT2D eigenvalue weighted by Crippen LogP contribution is -2.55.